The van der Waals surface area contributed by atoms with Crippen molar-refractivity contribution in [2.75, 3.05) is 11.9 Å². The molecule has 1 aromatic heterocycles. The number of pyridine rings is 1. The maximum Gasteiger partial charge on any atom is 0.259 e. The van der Waals surface area contributed by atoms with E-state index in [1.54, 1.807) is 36.5 Å². The van der Waals surface area contributed by atoms with Crippen LogP contribution in [-0.2, 0) is 0 Å². The van der Waals surface area contributed by atoms with Crippen molar-refractivity contribution in [3.8, 4) is 0 Å². The van der Waals surface area contributed by atoms with Crippen LogP contribution in [0.1, 0.15) is 10.4 Å². The summed E-state index contributed by atoms with van der Waals surface area (Å²) >= 11 is 5.60. The normalized spacial score (nSPS) is 10.2. The maximum absolute atomic E-state index is 12.4. The van der Waals surface area contributed by atoms with Gasteiger partial charge >= 0.3 is 0 Å². The summed E-state index contributed by atoms with van der Waals surface area (Å²) in [6.07, 6.45) is 3.34. The number of hydrogen-bond donors (Lipinski definition) is 0. The number of hydrogen-bond acceptors (Lipinski definition) is 2. The van der Waals surface area contributed by atoms with E-state index < -0.39 is 0 Å². The number of halogens is 2. The van der Waals surface area contributed by atoms with Crippen LogP contribution in [0.2, 0.25) is 0 Å². The molecule has 0 radical (unpaired) electrons. The zero-order valence-electron chi connectivity index (χ0n) is 9.60. The summed E-state index contributed by atoms with van der Waals surface area (Å²) in [6, 6.07) is 9.31. The van der Waals surface area contributed by atoms with E-state index in [1.165, 1.54) is 0 Å². The van der Waals surface area contributed by atoms with Gasteiger partial charge in [-0.05, 0) is 68.9 Å². The van der Waals surface area contributed by atoms with E-state index in [4.69, 9.17) is 0 Å². The molecule has 0 aliphatic heterocycles. The molecule has 2 rings (SSSR count). The zero-order valence-corrected chi connectivity index (χ0v) is 13.3. The number of anilines is 1. The third-order valence-electron chi connectivity index (χ3n) is 2.51. The van der Waals surface area contributed by atoms with Gasteiger partial charge in [0.25, 0.3) is 5.91 Å². The van der Waals surface area contributed by atoms with Crippen molar-refractivity contribution in [2.24, 2.45) is 0 Å². The molecule has 3 nitrogen and oxygen atoms in total. The van der Waals surface area contributed by atoms with Crippen LogP contribution in [0.3, 0.4) is 0 Å². The Morgan fingerprint density at radius 2 is 1.94 bits per heavy atom. The Bertz CT molecular complexity index is 574. The highest BCUT2D eigenvalue weighted by Crippen LogP contribution is 2.22. The molecule has 1 amide bonds. The highest BCUT2D eigenvalue weighted by Gasteiger charge is 2.16. The zero-order chi connectivity index (χ0) is 13.1. The number of benzene rings is 1. The largest absolute Gasteiger partial charge is 0.311 e. The van der Waals surface area contributed by atoms with Gasteiger partial charge in [0.1, 0.15) is 0 Å². The highest BCUT2D eigenvalue weighted by molar-refractivity contribution is 14.1. The second kappa shape index (κ2) is 5.79. The topological polar surface area (TPSA) is 33.2 Å². The van der Waals surface area contributed by atoms with Gasteiger partial charge in [-0.3, -0.25) is 9.78 Å². The van der Waals surface area contributed by atoms with Gasteiger partial charge in [0.2, 0.25) is 0 Å². The summed E-state index contributed by atoms with van der Waals surface area (Å²) in [7, 11) is 1.75. The quantitative estimate of drug-likeness (QED) is 0.699. The Hall–Kier alpha value is -0.950. The van der Waals surface area contributed by atoms with Gasteiger partial charge in [0, 0.05) is 33.2 Å². The first-order valence-electron chi connectivity index (χ1n) is 5.22. The van der Waals surface area contributed by atoms with Crippen LogP contribution in [0.25, 0.3) is 0 Å². The number of nitrogens with zero attached hydrogens (tertiary/aromatic N) is 2. The lowest BCUT2D eigenvalue weighted by Crippen LogP contribution is -2.26. The van der Waals surface area contributed by atoms with Gasteiger partial charge in [-0.1, -0.05) is 0 Å². The molecule has 0 bridgehead atoms. The van der Waals surface area contributed by atoms with Crippen molar-refractivity contribution in [3.63, 3.8) is 0 Å². The van der Waals surface area contributed by atoms with E-state index in [2.05, 4.69) is 43.5 Å². The SMILES string of the molecule is CN(C(=O)c1cc(I)ccc1Br)c1ccncc1. The van der Waals surface area contributed by atoms with Crippen molar-refractivity contribution in [1.29, 1.82) is 0 Å². The molecule has 0 aliphatic carbocycles. The lowest BCUT2D eigenvalue weighted by molar-refractivity contribution is 0.0992. The molecule has 18 heavy (non-hydrogen) atoms. The predicted octanol–water partition coefficient (Wildman–Crippen LogP) is 3.73. The maximum atomic E-state index is 12.4. The molecule has 0 saturated heterocycles. The third-order valence-corrected chi connectivity index (χ3v) is 3.88. The predicted molar refractivity (Wildman–Crippen MR) is 83.8 cm³/mol. The lowest BCUT2D eigenvalue weighted by atomic mass is 10.2. The number of aromatic nitrogens is 1. The first-order valence-corrected chi connectivity index (χ1v) is 7.10. The number of amides is 1. The fourth-order valence-corrected chi connectivity index (χ4v) is 2.43. The summed E-state index contributed by atoms with van der Waals surface area (Å²) in [5, 5.41) is 0. The van der Waals surface area contributed by atoms with Crippen molar-refractivity contribution in [3.05, 3.63) is 56.3 Å². The molecule has 2 aromatic rings. The minimum atomic E-state index is -0.0495. The average Bonchev–Trinajstić information content (AvgIpc) is 2.41. The third kappa shape index (κ3) is 2.89. The monoisotopic (exact) mass is 416 g/mol. The van der Waals surface area contributed by atoms with Crippen LogP contribution >= 0.6 is 38.5 Å². The van der Waals surface area contributed by atoms with E-state index >= 15 is 0 Å². The molecular weight excluding hydrogens is 407 g/mol. The Morgan fingerprint density at radius 3 is 2.61 bits per heavy atom. The van der Waals surface area contributed by atoms with Crippen LogP contribution in [0.4, 0.5) is 5.69 Å². The molecule has 0 unspecified atom stereocenters. The van der Waals surface area contributed by atoms with Crippen LogP contribution in [-0.4, -0.2) is 17.9 Å². The van der Waals surface area contributed by atoms with Crippen molar-refractivity contribution >= 4 is 50.1 Å². The van der Waals surface area contributed by atoms with E-state index in [9.17, 15) is 4.79 Å². The summed E-state index contributed by atoms with van der Waals surface area (Å²) < 4.78 is 1.83. The molecule has 0 fully saturated rings. The van der Waals surface area contributed by atoms with Gasteiger partial charge in [-0.25, -0.2) is 0 Å². The Labute approximate surface area is 127 Å². The fraction of sp³-hybridized carbons (Fsp3) is 0.0769. The molecule has 0 saturated carbocycles. The highest BCUT2D eigenvalue weighted by atomic mass is 127. The van der Waals surface area contributed by atoms with E-state index in [0.717, 1.165) is 13.7 Å². The number of rotatable bonds is 2. The smallest absolute Gasteiger partial charge is 0.259 e. The molecule has 0 spiro atoms. The standard InChI is InChI=1S/C13H10BrIN2O/c1-17(10-4-6-16-7-5-10)13(18)11-8-9(15)2-3-12(11)14/h2-8H,1H3. The van der Waals surface area contributed by atoms with Gasteiger partial charge in [-0.15, -0.1) is 0 Å². The Kier molecular flexibility index (Phi) is 4.34. The average molecular weight is 417 g/mol. The van der Waals surface area contributed by atoms with Gasteiger partial charge in [0.05, 0.1) is 5.56 Å². The number of carbonyl (C=O) groups excluding carboxylic acids is 1. The fourth-order valence-electron chi connectivity index (χ4n) is 1.53. The van der Waals surface area contributed by atoms with E-state index in [-0.39, 0.29) is 5.91 Å². The molecular formula is C13H10BrIN2O. The molecule has 5 heteroatoms. The molecule has 1 aromatic carbocycles. The van der Waals surface area contributed by atoms with Crippen LogP contribution in [0.5, 0.6) is 0 Å². The first kappa shape index (κ1) is 13.5. The van der Waals surface area contributed by atoms with Crippen molar-refractivity contribution in [1.82, 2.24) is 4.98 Å². The van der Waals surface area contributed by atoms with Gasteiger partial charge in [0.15, 0.2) is 0 Å². The summed E-state index contributed by atoms with van der Waals surface area (Å²) in [5.74, 6) is -0.0495. The number of carbonyl (C=O) groups is 1. The molecule has 1 heterocycles. The minimum absolute atomic E-state index is 0.0495. The van der Waals surface area contributed by atoms with Crippen LogP contribution < -0.4 is 4.90 Å². The van der Waals surface area contributed by atoms with E-state index in [0.29, 0.717) is 5.56 Å². The molecule has 0 atom stereocenters. The van der Waals surface area contributed by atoms with E-state index in [1.807, 2.05) is 18.2 Å². The molecule has 92 valence electrons. The van der Waals surface area contributed by atoms with Crippen molar-refractivity contribution < 1.29 is 4.79 Å². The first-order chi connectivity index (χ1) is 8.59. The Morgan fingerprint density at radius 1 is 1.28 bits per heavy atom. The minimum Gasteiger partial charge on any atom is -0.311 e. The Balaban J connectivity index is 2.34. The second-order valence-corrected chi connectivity index (χ2v) is 5.79. The summed E-state index contributed by atoms with van der Waals surface area (Å²) in [6.45, 7) is 0. The van der Waals surface area contributed by atoms with Gasteiger partial charge in [-0.2, -0.15) is 0 Å². The van der Waals surface area contributed by atoms with Crippen LogP contribution in [0.15, 0.2) is 47.2 Å². The van der Waals surface area contributed by atoms with Gasteiger partial charge < -0.3 is 4.90 Å². The second-order valence-electron chi connectivity index (χ2n) is 3.69. The molecule has 0 aliphatic rings. The summed E-state index contributed by atoms with van der Waals surface area (Å²) in [5.41, 5.74) is 1.47. The lowest BCUT2D eigenvalue weighted by Gasteiger charge is -2.18. The summed E-state index contributed by atoms with van der Waals surface area (Å²) in [4.78, 5) is 17.9. The van der Waals surface area contributed by atoms with Crippen LogP contribution in [0, 0.1) is 3.57 Å². The van der Waals surface area contributed by atoms with Crippen molar-refractivity contribution in [2.45, 2.75) is 0 Å². The molecule has 0 N–H and O–H groups in total.